The topological polar surface area (TPSA) is 12.5 Å². The number of fused-ring (bicyclic) bond motifs is 2. The van der Waals surface area contributed by atoms with E-state index in [4.69, 9.17) is 4.84 Å². The molecule has 2 nitrogen and oxygen atoms in total. The van der Waals surface area contributed by atoms with E-state index < -0.39 is 0 Å². The predicted molar refractivity (Wildman–Crippen MR) is 34.9 cm³/mol. The minimum Gasteiger partial charge on any atom is -0.299 e. The minimum atomic E-state index is 0.951. The van der Waals surface area contributed by atoms with E-state index in [1.54, 1.807) is 0 Å². The van der Waals surface area contributed by atoms with Crippen LogP contribution in [0.5, 0.6) is 0 Å². The van der Waals surface area contributed by atoms with Gasteiger partial charge in [0.15, 0.2) is 0 Å². The van der Waals surface area contributed by atoms with Crippen LogP contribution >= 0.6 is 0 Å². The van der Waals surface area contributed by atoms with Crippen molar-refractivity contribution in [2.24, 2.45) is 5.92 Å². The lowest BCUT2D eigenvalue weighted by Gasteiger charge is -2.11. The van der Waals surface area contributed by atoms with Gasteiger partial charge in [-0.05, 0) is 25.2 Å². The molecule has 0 N–H and O–H groups in total. The molecule has 0 radical (unpaired) electrons. The highest BCUT2D eigenvalue weighted by Gasteiger charge is 2.24. The zero-order valence-corrected chi connectivity index (χ0v) is 5.68. The Bertz CT molecular complexity index is 93.1. The van der Waals surface area contributed by atoms with Crippen molar-refractivity contribution in [1.29, 1.82) is 0 Å². The number of hydroxylamine groups is 2. The van der Waals surface area contributed by atoms with Crippen molar-refractivity contribution in [2.45, 2.75) is 19.3 Å². The summed E-state index contributed by atoms with van der Waals surface area (Å²) < 4.78 is 0. The van der Waals surface area contributed by atoms with E-state index in [2.05, 4.69) is 5.06 Å². The Morgan fingerprint density at radius 3 is 3.33 bits per heavy atom. The van der Waals surface area contributed by atoms with Gasteiger partial charge in [0.1, 0.15) is 0 Å². The quantitative estimate of drug-likeness (QED) is 0.482. The molecule has 0 aromatic rings. The molecule has 2 unspecified atom stereocenters. The van der Waals surface area contributed by atoms with Crippen LogP contribution in [0.15, 0.2) is 0 Å². The molecule has 52 valence electrons. The van der Waals surface area contributed by atoms with Gasteiger partial charge < -0.3 is 0 Å². The molecule has 0 saturated carbocycles. The lowest BCUT2D eigenvalue weighted by Crippen LogP contribution is -2.19. The van der Waals surface area contributed by atoms with Crippen molar-refractivity contribution in [3.05, 3.63) is 0 Å². The maximum absolute atomic E-state index is 5.43. The molecule has 2 bridgehead atoms. The largest absolute Gasteiger partial charge is 0.299 e. The highest BCUT2D eigenvalue weighted by molar-refractivity contribution is 4.72. The fraction of sp³-hybridized carbons (Fsp3) is 1.00. The van der Waals surface area contributed by atoms with Gasteiger partial charge in [0.2, 0.25) is 0 Å². The smallest absolute Gasteiger partial charge is 0.0685 e. The fourth-order valence-corrected chi connectivity index (χ4v) is 1.72. The van der Waals surface area contributed by atoms with E-state index in [1.807, 2.05) is 0 Å². The van der Waals surface area contributed by atoms with Crippen molar-refractivity contribution in [3.8, 4) is 0 Å². The van der Waals surface area contributed by atoms with E-state index >= 15 is 0 Å². The molecule has 2 fully saturated rings. The highest BCUT2D eigenvalue weighted by Crippen LogP contribution is 2.24. The molecule has 0 spiro atoms. The summed E-state index contributed by atoms with van der Waals surface area (Å²) in [5.74, 6) is 0.951. The molecule has 2 atom stereocenters. The van der Waals surface area contributed by atoms with Gasteiger partial charge in [-0.2, -0.15) is 5.06 Å². The molecule has 2 aliphatic rings. The molecule has 9 heavy (non-hydrogen) atoms. The molecule has 2 rings (SSSR count). The molecule has 2 heterocycles. The standard InChI is InChI=1S/C7H13NO/c1-2-7-3-4-8(6-7)9-5-1/h7H,1-6H2. The Kier molecular flexibility index (Phi) is 1.44. The summed E-state index contributed by atoms with van der Waals surface area (Å²) in [6.07, 6.45) is 4.01. The molecule has 0 amide bonds. The van der Waals surface area contributed by atoms with E-state index in [1.165, 1.54) is 32.4 Å². The number of rotatable bonds is 0. The maximum atomic E-state index is 5.43. The normalized spacial score (nSPS) is 42.7. The number of nitrogens with zero attached hydrogens (tertiary/aromatic N) is 1. The Morgan fingerprint density at radius 1 is 1.33 bits per heavy atom. The van der Waals surface area contributed by atoms with Crippen LogP contribution in [0.3, 0.4) is 0 Å². The average Bonchev–Trinajstić information content (AvgIpc) is 2.09. The third kappa shape index (κ3) is 1.10. The Morgan fingerprint density at radius 2 is 2.33 bits per heavy atom. The van der Waals surface area contributed by atoms with Crippen molar-refractivity contribution in [1.82, 2.24) is 5.06 Å². The first-order chi connectivity index (χ1) is 4.45. The van der Waals surface area contributed by atoms with Gasteiger partial charge in [0.05, 0.1) is 6.61 Å². The van der Waals surface area contributed by atoms with Crippen molar-refractivity contribution >= 4 is 0 Å². The molecule has 2 heteroatoms. The van der Waals surface area contributed by atoms with Crippen molar-refractivity contribution in [3.63, 3.8) is 0 Å². The van der Waals surface area contributed by atoms with E-state index in [-0.39, 0.29) is 0 Å². The second-order valence-corrected chi connectivity index (χ2v) is 3.02. The van der Waals surface area contributed by atoms with Crippen LogP contribution < -0.4 is 0 Å². The third-order valence-electron chi connectivity index (χ3n) is 2.28. The van der Waals surface area contributed by atoms with Crippen LogP contribution in [0.25, 0.3) is 0 Å². The molecular weight excluding hydrogens is 114 g/mol. The fourth-order valence-electron chi connectivity index (χ4n) is 1.72. The summed E-state index contributed by atoms with van der Waals surface area (Å²) >= 11 is 0. The summed E-state index contributed by atoms with van der Waals surface area (Å²) in [7, 11) is 0. The van der Waals surface area contributed by atoms with E-state index in [0.29, 0.717) is 0 Å². The lowest BCUT2D eigenvalue weighted by atomic mass is 10.0. The van der Waals surface area contributed by atoms with Crippen LogP contribution in [-0.4, -0.2) is 24.8 Å². The van der Waals surface area contributed by atoms with Crippen LogP contribution in [-0.2, 0) is 4.84 Å². The predicted octanol–water partition coefficient (Wildman–Crippen LogP) is 1.03. The van der Waals surface area contributed by atoms with Gasteiger partial charge in [0, 0.05) is 13.1 Å². The van der Waals surface area contributed by atoms with Crippen LogP contribution in [0.1, 0.15) is 19.3 Å². The monoisotopic (exact) mass is 127 g/mol. The van der Waals surface area contributed by atoms with Gasteiger partial charge in [-0.1, -0.05) is 0 Å². The first-order valence-electron chi connectivity index (χ1n) is 3.83. The van der Waals surface area contributed by atoms with Gasteiger partial charge in [-0.25, -0.2) is 0 Å². The Hall–Kier alpha value is -0.0800. The van der Waals surface area contributed by atoms with E-state index in [9.17, 15) is 0 Å². The first-order valence-corrected chi connectivity index (χ1v) is 3.83. The first kappa shape index (κ1) is 5.69. The SMILES string of the molecule is C1CON2CCC(C1)C2. The third-order valence-corrected chi connectivity index (χ3v) is 2.28. The van der Waals surface area contributed by atoms with Crippen LogP contribution in [0.2, 0.25) is 0 Å². The van der Waals surface area contributed by atoms with E-state index in [0.717, 1.165) is 12.5 Å². The number of hydrogen-bond acceptors (Lipinski definition) is 2. The van der Waals surface area contributed by atoms with Crippen molar-refractivity contribution < 1.29 is 4.84 Å². The summed E-state index contributed by atoms with van der Waals surface area (Å²) in [5, 5.41) is 2.12. The summed E-state index contributed by atoms with van der Waals surface area (Å²) in [5.41, 5.74) is 0. The summed E-state index contributed by atoms with van der Waals surface area (Å²) in [6, 6.07) is 0. The molecule has 0 aliphatic carbocycles. The second kappa shape index (κ2) is 2.27. The summed E-state index contributed by atoms with van der Waals surface area (Å²) in [4.78, 5) is 5.43. The Balaban J connectivity index is 1.99. The summed E-state index contributed by atoms with van der Waals surface area (Å²) in [6.45, 7) is 3.32. The average molecular weight is 127 g/mol. The van der Waals surface area contributed by atoms with Gasteiger partial charge in [-0.15, -0.1) is 0 Å². The molecule has 2 saturated heterocycles. The second-order valence-electron chi connectivity index (χ2n) is 3.02. The van der Waals surface area contributed by atoms with Crippen LogP contribution in [0.4, 0.5) is 0 Å². The Labute approximate surface area is 55.7 Å². The van der Waals surface area contributed by atoms with Gasteiger partial charge >= 0.3 is 0 Å². The van der Waals surface area contributed by atoms with Gasteiger partial charge in [-0.3, -0.25) is 4.84 Å². The lowest BCUT2D eigenvalue weighted by molar-refractivity contribution is -0.138. The minimum absolute atomic E-state index is 0.951. The highest BCUT2D eigenvalue weighted by atomic mass is 16.7. The zero-order chi connectivity index (χ0) is 6.10. The molecule has 0 aromatic heterocycles. The van der Waals surface area contributed by atoms with Crippen LogP contribution in [0, 0.1) is 5.92 Å². The van der Waals surface area contributed by atoms with Crippen molar-refractivity contribution in [2.75, 3.05) is 19.7 Å². The van der Waals surface area contributed by atoms with Gasteiger partial charge in [0.25, 0.3) is 0 Å². The molecule has 0 aromatic carbocycles. The zero-order valence-electron chi connectivity index (χ0n) is 5.68. The number of hydrogen-bond donors (Lipinski definition) is 0. The molecular formula is C7H13NO. The maximum Gasteiger partial charge on any atom is 0.0685 e. The molecule has 2 aliphatic heterocycles.